The summed E-state index contributed by atoms with van der Waals surface area (Å²) >= 11 is 1.83. The molecule has 1 N–H and O–H groups in total. The number of aromatic nitrogens is 3. The van der Waals surface area contributed by atoms with E-state index in [1.165, 1.54) is 0 Å². The molecule has 0 aliphatic carbocycles. The third-order valence-corrected chi connectivity index (χ3v) is 2.03. The fraction of sp³-hybridized carbons (Fsp3) is 0.714. The normalized spacial score (nSPS) is 10.5. The molecule has 0 saturated heterocycles. The van der Waals surface area contributed by atoms with Gasteiger partial charge in [-0.3, -0.25) is 4.68 Å². The van der Waals surface area contributed by atoms with Crippen LogP contribution in [0, 0.1) is 0 Å². The maximum atomic E-state index is 4.14. The molecule has 1 aromatic rings. The van der Waals surface area contributed by atoms with Gasteiger partial charge in [0.1, 0.15) is 6.33 Å². The van der Waals surface area contributed by atoms with Gasteiger partial charge in [0.15, 0.2) is 5.82 Å². The Kier molecular flexibility index (Phi) is 4.10. The van der Waals surface area contributed by atoms with Gasteiger partial charge in [0.2, 0.25) is 0 Å². The molecule has 68 valence electrons. The number of hydrogen-bond acceptors (Lipinski definition) is 4. The Hall–Kier alpha value is -0.550. The minimum atomic E-state index is 0.765. The molecule has 12 heavy (non-hydrogen) atoms. The molecule has 0 aliphatic heterocycles. The summed E-state index contributed by atoms with van der Waals surface area (Å²) in [5.41, 5.74) is 0. The Bertz CT molecular complexity index is 223. The van der Waals surface area contributed by atoms with Crippen LogP contribution in [0.3, 0.4) is 0 Å². The zero-order chi connectivity index (χ0) is 8.81. The van der Waals surface area contributed by atoms with Gasteiger partial charge >= 0.3 is 0 Å². The molecule has 0 radical (unpaired) electrons. The van der Waals surface area contributed by atoms with Crippen molar-refractivity contribution in [2.75, 3.05) is 18.6 Å². The van der Waals surface area contributed by atoms with Crippen molar-refractivity contribution in [2.45, 2.75) is 6.54 Å². The van der Waals surface area contributed by atoms with Crippen LogP contribution in [0.1, 0.15) is 5.82 Å². The summed E-state index contributed by atoms with van der Waals surface area (Å²) in [6.45, 7) is 1.78. The molecule has 0 atom stereocenters. The molecule has 1 heterocycles. The Labute approximate surface area is 76.8 Å². The maximum absolute atomic E-state index is 4.14. The summed E-state index contributed by atoms with van der Waals surface area (Å²) in [4.78, 5) is 4.10. The summed E-state index contributed by atoms with van der Waals surface area (Å²) < 4.78 is 1.71. The first kappa shape index (κ1) is 9.54. The highest BCUT2D eigenvalue weighted by atomic mass is 32.2. The Morgan fingerprint density at radius 2 is 2.50 bits per heavy atom. The molecule has 0 aromatic carbocycles. The Morgan fingerprint density at radius 1 is 1.67 bits per heavy atom. The minimum absolute atomic E-state index is 0.765. The number of nitrogens with one attached hydrogen (secondary N) is 1. The van der Waals surface area contributed by atoms with Crippen molar-refractivity contribution in [1.82, 2.24) is 20.1 Å². The highest BCUT2D eigenvalue weighted by Gasteiger charge is 1.95. The quantitative estimate of drug-likeness (QED) is 0.670. The lowest BCUT2D eigenvalue weighted by molar-refractivity contribution is 0.673. The van der Waals surface area contributed by atoms with Gasteiger partial charge in [0.25, 0.3) is 0 Å². The van der Waals surface area contributed by atoms with Crippen LogP contribution < -0.4 is 5.32 Å². The van der Waals surface area contributed by atoms with E-state index in [2.05, 4.69) is 21.7 Å². The molecule has 0 unspecified atom stereocenters. The second-order valence-electron chi connectivity index (χ2n) is 2.50. The van der Waals surface area contributed by atoms with Crippen molar-refractivity contribution in [3.8, 4) is 0 Å². The summed E-state index contributed by atoms with van der Waals surface area (Å²) in [6.07, 6.45) is 3.81. The first-order valence-corrected chi connectivity index (χ1v) is 5.26. The van der Waals surface area contributed by atoms with Crippen LogP contribution in [0.15, 0.2) is 6.33 Å². The van der Waals surface area contributed by atoms with Crippen LogP contribution in [-0.2, 0) is 13.6 Å². The van der Waals surface area contributed by atoms with Crippen molar-refractivity contribution in [3.63, 3.8) is 0 Å². The Balaban J connectivity index is 2.15. The monoisotopic (exact) mass is 186 g/mol. The van der Waals surface area contributed by atoms with E-state index in [1.807, 2.05) is 18.8 Å². The molecular formula is C7H14N4S. The molecule has 1 aromatic heterocycles. The first-order chi connectivity index (χ1) is 5.83. The molecule has 4 nitrogen and oxygen atoms in total. The van der Waals surface area contributed by atoms with E-state index in [9.17, 15) is 0 Å². The van der Waals surface area contributed by atoms with Crippen molar-refractivity contribution < 1.29 is 0 Å². The van der Waals surface area contributed by atoms with E-state index in [1.54, 1.807) is 11.0 Å². The van der Waals surface area contributed by atoms with Crippen molar-refractivity contribution in [2.24, 2.45) is 7.05 Å². The lowest BCUT2D eigenvalue weighted by atomic mass is 10.6. The fourth-order valence-corrected chi connectivity index (χ4v) is 1.19. The van der Waals surface area contributed by atoms with E-state index in [0.29, 0.717) is 0 Å². The number of nitrogens with zero attached hydrogens (tertiary/aromatic N) is 3. The second kappa shape index (κ2) is 5.16. The topological polar surface area (TPSA) is 42.7 Å². The predicted octanol–water partition coefficient (Wildman–Crippen LogP) is 0.268. The first-order valence-electron chi connectivity index (χ1n) is 3.87. The number of rotatable bonds is 5. The summed E-state index contributed by atoms with van der Waals surface area (Å²) in [7, 11) is 1.87. The van der Waals surface area contributed by atoms with Gasteiger partial charge in [-0.2, -0.15) is 16.9 Å². The van der Waals surface area contributed by atoms with Crippen molar-refractivity contribution in [3.05, 3.63) is 12.2 Å². The van der Waals surface area contributed by atoms with Gasteiger partial charge in [0.05, 0.1) is 6.54 Å². The molecule has 0 bridgehead atoms. The van der Waals surface area contributed by atoms with Crippen molar-refractivity contribution in [1.29, 1.82) is 0 Å². The fourth-order valence-electron chi connectivity index (χ4n) is 0.839. The number of aryl methyl sites for hydroxylation is 1. The van der Waals surface area contributed by atoms with Gasteiger partial charge in [-0.15, -0.1) is 0 Å². The van der Waals surface area contributed by atoms with E-state index in [4.69, 9.17) is 0 Å². The van der Waals surface area contributed by atoms with Crippen LogP contribution in [-0.4, -0.2) is 33.3 Å². The molecule has 0 saturated carbocycles. The largest absolute Gasteiger partial charge is 0.309 e. The zero-order valence-corrected chi connectivity index (χ0v) is 8.27. The van der Waals surface area contributed by atoms with E-state index in [0.717, 1.165) is 24.7 Å². The van der Waals surface area contributed by atoms with Crippen LogP contribution in [0.5, 0.6) is 0 Å². The summed E-state index contributed by atoms with van der Waals surface area (Å²) in [5.74, 6) is 1.99. The SMILES string of the molecule is CSCCNCc1ncn(C)n1. The van der Waals surface area contributed by atoms with Gasteiger partial charge in [0, 0.05) is 19.3 Å². The predicted molar refractivity (Wildman–Crippen MR) is 51.1 cm³/mol. The smallest absolute Gasteiger partial charge is 0.164 e. The average molecular weight is 186 g/mol. The number of thioether (sulfide) groups is 1. The van der Waals surface area contributed by atoms with Crippen LogP contribution in [0.25, 0.3) is 0 Å². The molecular weight excluding hydrogens is 172 g/mol. The highest BCUT2D eigenvalue weighted by molar-refractivity contribution is 7.98. The highest BCUT2D eigenvalue weighted by Crippen LogP contribution is 1.89. The Morgan fingerprint density at radius 3 is 3.08 bits per heavy atom. The third kappa shape index (κ3) is 3.23. The molecule has 0 fully saturated rings. The van der Waals surface area contributed by atoms with Gasteiger partial charge in [-0.05, 0) is 6.26 Å². The maximum Gasteiger partial charge on any atom is 0.164 e. The summed E-state index contributed by atoms with van der Waals surface area (Å²) in [6, 6.07) is 0. The lowest BCUT2D eigenvalue weighted by Gasteiger charge is -1.98. The average Bonchev–Trinajstić information content (AvgIpc) is 2.45. The standard InChI is InChI=1S/C7H14N4S/c1-11-6-9-7(10-11)5-8-3-4-12-2/h6,8H,3-5H2,1-2H3. The van der Waals surface area contributed by atoms with E-state index < -0.39 is 0 Å². The molecule has 1 rings (SSSR count). The lowest BCUT2D eigenvalue weighted by Crippen LogP contribution is -2.17. The molecule has 0 spiro atoms. The van der Waals surface area contributed by atoms with Crippen LogP contribution in [0.2, 0.25) is 0 Å². The van der Waals surface area contributed by atoms with Gasteiger partial charge in [-0.1, -0.05) is 0 Å². The van der Waals surface area contributed by atoms with Gasteiger partial charge < -0.3 is 5.32 Å². The third-order valence-electron chi connectivity index (χ3n) is 1.41. The van der Waals surface area contributed by atoms with E-state index >= 15 is 0 Å². The second-order valence-corrected chi connectivity index (χ2v) is 3.49. The van der Waals surface area contributed by atoms with E-state index in [-0.39, 0.29) is 0 Å². The van der Waals surface area contributed by atoms with Gasteiger partial charge in [-0.25, -0.2) is 4.98 Å². The van der Waals surface area contributed by atoms with Crippen LogP contribution >= 0.6 is 11.8 Å². The minimum Gasteiger partial charge on any atom is -0.309 e. The zero-order valence-electron chi connectivity index (χ0n) is 7.45. The van der Waals surface area contributed by atoms with Crippen LogP contribution in [0.4, 0.5) is 0 Å². The number of hydrogen-bond donors (Lipinski definition) is 1. The van der Waals surface area contributed by atoms with Crippen molar-refractivity contribution >= 4 is 11.8 Å². The molecule has 0 amide bonds. The molecule has 0 aliphatic rings. The summed E-state index contributed by atoms with van der Waals surface area (Å²) in [5, 5.41) is 7.40. The molecule has 5 heteroatoms.